The molecule has 0 bridgehead atoms. The number of aromatic nitrogens is 3. The number of hydrogen-bond acceptors (Lipinski definition) is 5. The van der Waals surface area contributed by atoms with Crippen LogP contribution in [0.5, 0.6) is 0 Å². The van der Waals surface area contributed by atoms with E-state index in [2.05, 4.69) is 10.1 Å². The number of aryl methyl sites for hydroxylation is 2. The molecule has 1 aliphatic heterocycles. The average molecular weight is 334 g/mol. The van der Waals surface area contributed by atoms with E-state index < -0.39 is 0 Å². The van der Waals surface area contributed by atoms with Crippen molar-refractivity contribution in [1.82, 2.24) is 19.7 Å². The quantitative estimate of drug-likeness (QED) is 0.928. The third kappa shape index (κ3) is 3.45. The van der Waals surface area contributed by atoms with Gasteiger partial charge in [0.2, 0.25) is 0 Å². The van der Waals surface area contributed by atoms with Gasteiger partial charge < -0.3 is 10.0 Å². The number of aliphatic hydroxyl groups is 1. The number of piperidine rings is 1. The molecule has 0 radical (unpaired) electrons. The second-order valence-electron chi connectivity index (χ2n) is 5.97. The molecule has 1 saturated heterocycles. The van der Waals surface area contributed by atoms with Crippen molar-refractivity contribution in [2.45, 2.75) is 39.2 Å². The molecule has 1 fully saturated rings. The Kier molecular flexibility index (Phi) is 4.77. The summed E-state index contributed by atoms with van der Waals surface area (Å²) in [6.07, 6.45) is 3.92. The molecule has 2 aromatic heterocycles. The van der Waals surface area contributed by atoms with E-state index in [9.17, 15) is 4.79 Å². The molecule has 1 unspecified atom stereocenters. The maximum Gasteiger partial charge on any atom is 0.265 e. The number of carbonyl (C=O) groups is 1. The smallest absolute Gasteiger partial charge is 0.265 e. The molecule has 6 nitrogen and oxygen atoms in total. The van der Waals surface area contributed by atoms with Crippen LogP contribution in [0.15, 0.2) is 12.3 Å². The fourth-order valence-corrected chi connectivity index (χ4v) is 3.99. The molecular formula is C16H22N4O2S. The first-order chi connectivity index (χ1) is 11.1. The van der Waals surface area contributed by atoms with Crippen molar-refractivity contribution in [2.75, 3.05) is 19.7 Å². The summed E-state index contributed by atoms with van der Waals surface area (Å²) in [6.45, 7) is 5.92. The van der Waals surface area contributed by atoms with Crippen LogP contribution in [-0.2, 0) is 6.54 Å². The third-order valence-corrected chi connectivity index (χ3v) is 5.28. The Morgan fingerprint density at radius 2 is 2.30 bits per heavy atom. The zero-order chi connectivity index (χ0) is 16.4. The average Bonchev–Trinajstić information content (AvgIpc) is 3.13. The summed E-state index contributed by atoms with van der Waals surface area (Å²) < 4.78 is 1.76. The van der Waals surface area contributed by atoms with E-state index in [4.69, 9.17) is 5.11 Å². The molecule has 1 aliphatic rings. The van der Waals surface area contributed by atoms with Gasteiger partial charge in [-0.25, -0.2) is 4.98 Å². The number of rotatable bonds is 4. The van der Waals surface area contributed by atoms with E-state index >= 15 is 0 Å². The second kappa shape index (κ2) is 6.80. The normalized spacial score (nSPS) is 18.4. The minimum Gasteiger partial charge on any atom is -0.394 e. The minimum atomic E-state index is 0.0837. The fraction of sp³-hybridized carbons (Fsp3) is 0.562. The van der Waals surface area contributed by atoms with Gasteiger partial charge in [-0.2, -0.15) is 5.10 Å². The highest BCUT2D eigenvalue weighted by Crippen LogP contribution is 2.28. The van der Waals surface area contributed by atoms with E-state index in [0.29, 0.717) is 13.1 Å². The van der Waals surface area contributed by atoms with E-state index in [-0.39, 0.29) is 18.4 Å². The molecule has 0 aliphatic carbocycles. The molecule has 7 heteroatoms. The predicted molar refractivity (Wildman–Crippen MR) is 88.8 cm³/mol. The van der Waals surface area contributed by atoms with Crippen LogP contribution in [0, 0.1) is 13.8 Å². The van der Waals surface area contributed by atoms with E-state index in [1.54, 1.807) is 4.68 Å². The maximum atomic E-state index is 12.8. The van der Waals surface area contributed by atoms with Crippen molar-refractivity contribution in [3.8, 4) is 0 Å². The Bertz CT molecular complexity index is 694. The monoisotopic (exact) mass is 334 g/mol. The SMILES string of the molecule is Cc1nc(C)c(C(=O)N2CCCC(c3ccn(CCO)n3)C2)s1. The largest absolute Gasteiger partial charge is 0.394 e. The summed E-state index contributed by atoms with van der Waals surface area (Å²) in [5, 5.41) is 14.4. The zero-order valence-corrected chi connectivity index (χ0v) is 14.3. The summed E-state index contributed by atoms with van der Waals surface area (Å²) >= 11 is 1.47. The van der Waals surface area contributed by atoms with E-state index in [1.165, 1.54) is 11.3 Å². The summed E-state index contributed by atoms with van der Waals surface area (Å²) in [4.78, 5) is 19.8. The summed E-state index contributed by atoms with van der Waals surface area (Å²) in [7, 11) is 0. The van der Waals surface area contributed by atoms with Gasteiger partial charge in [0, 0.05) is 25.2 Å². The van der Waals surface area contributed by atoms with Crippen LogP contribution in [0.1, 0.15) is 44.8 Å². The van der Waals surface area contributed by atoms with Crippen LogP contribution in [0.2, 0.25) is 0 Å². The van der Waals surface area contributed by atoms with Crippen LogP contribution >= 0.6 is 11.3 Å². The van der Waals surface area contributed by atoms with Crippen LogP contribution < -0.4 is 0 Å². The first kappa shape index (κ1) is 16.1. The van der Waals surface area contributed by atoms with Crippen molar-refractivity contribution in [3.05, 3.63) is 33.5 Å². The topological polar surface area (TPSA) is 71.2 Å². The van der Waals surface area contributed by atoms with Crippen molar-refractivity contribution >= 4 is 17.2 Å². The van der Waals surface area contributed by atoms with Gasteiger partial charge >= 0.3 is 0 Å². The maximum absolute atomic E-state index is 12.8. The number of carbonyl (C=O) groups excluding carboxylic acids is 1. The van der Waals surface area contributed by atoms with Gasteiger partial charge in [-0.05, 0) is 32.8 Å². The minimum absolute atomic E-state index is 0.0837. The molecule has 0 spiro atoms. The molecule has 3 heterocycles. The number of hydrogen-bond donors (Lipinski definition) is 1. The molecule has 1 N–H and O–H groups in total. The Hall–Kier alpha value is -1.73. The first-order valence-electron chi connectivity index (χ1n) is 7.96. The lowest BCUT2D eigenvalue weighted by Crippen LogP contribution is -2.39. The zero-order valence-electron chi connectivity index (χ0n) is 13.5. The number of nitrogens with zero attached hydrogens (tertiary/aromatic N) is 4. The van der Waals surface area contributed by atoms with Crippen molar-refractivity contribution in [3.63, 3.8) is 0 Å². The molecule has 23 heavy (non-hydrogen) atoms. The van der Waals surface area contributed by atoms with Gasteiger partial charge in [-0.15, -0.1) is 11.3 Å². The summed E-state index contributed by atoms with van der Waals surface area (Å²) in [5.74, 6) is 0.356. The summed E-state index contributed by atoms with van der Waals surface area (Å²) in [5.41, 5.74) is 1.83. The highest BCUT2D eigenvalue weighted by atomic mass is 32.1. The predicted octanol–water partition coefficient (Wildman–Crippen LogP) is 1.97. The van der Waals surface area contributed by atoms with Gasteiger partial charge in [0.05, 0.1) is 29.5 Å². The lowest BCUT2D eigenvalue weighted by Gasteiger charge is -2.31. The molecule has 0 aromatic carbocycles. The number of aliphatic hydroxyl groups excluding tert-OH is 1. The Morgan fingerprint density at radius 3 is 3.00 bits per heavy atom. The third-order valence-electron chi connectivity index (χ3n) is 4.22. The highest BCUT2D eigenvalue weighted by molar-refractivity contribution is 7.13. The van der Waals surface area contributed by atoms with Crippen LogP contribution in [0.4, 0.5) is 0 Å². The number of likely N-dealkylation sites (tertiary alicyclic amines) is 1. The Balaban J connectivity index is 1.72. The van der Waals surface area contributed by atoms with Crippen LogP contribution in [0.3, 0.4) is 0 Å². The Morgan fingerprint density at radius 1 is 1.48 bits per heavy atom. The number of thiazole rings is 1. The molecule has 3 rings (SSSR count). The van der Waals surface area contributed by atoms with Crippen molar-refractivity contribution < 1.29 is 9.90 Å². The lowest BCUT2D eigenvalue weighted by molar-refractivity contribution is 0.0709. The van der Waals surface area contributed by atoms with Crippen LogP contribution in [-0.4, -0.2) is 50.4 Å². The van der Waals surface area contributed by atoms with Gasteiger partial charge in [-0.3, -0.25) is 9.48 Å². The van der Waals surface area contributed by atoms with Crippen molar-refractivity contribution in [1.29, 1.82) is 0 Å². The lowest BCUT2D eigenvalue weighted by atomic mass is 9.95. The van der Waals surface area contributed by atoms with E-state index in [1.807, 2.05) is 31.0 Å². The highest BCUT2D eigenvalue weighted by Gasteiger charge is 2.28. The Labute approximate surface area is 139 Å². The fourth-order valence-electron chi connectivity index (χ4n) is 3.10. The molecule has 2 aromatic rings. The van der Waals surface area contributed by atoms with Gasteiger partial charge in [0.25, 0.3) is 5.91 Å². The summed E-state index contributed by atoms with van der Waals surface area (Å²) in [6, 6.07) is 2.00. The van der Waals surface area contributed by atoms with E-state index in [0.717, 1.165) is 40.7 Å². The van der Waals surface area contributed by atoms with Gasteiger partial charge in [-0.1, -0.05) is 0 Å². The van der Waals surface area contributed by atoms with Crippen molar-refractivity contribution in [2.24, 2.45) is 0 Å². The molecule has 0 saturated carbocycles. The molecule has 1 atom stereocenters. The molecule has 1 amide bonds. The van der Waals surface area contributed by atoms with Gasteiger partial charge in [0.15, 0.2) is 0 Å². The second-order valence-corrected chi connectivity index (χ2v) is 7.17. The molecular weight excluding hydrogens is 312 g/mol. The first-order valence-corrected chi connectivity index (χ1v) is 8.77. The number of amides is 1. The van der Waals surface area contributed by atoms with Crippen LogP contribution in [0.25, 0.3) is 0 Å². The van der Waals surface area contributed by atoms with Gasteiger partial charge in [0.1, 0.15) is 4.88 Å². The standard InChI is InChI=1S/C16H22N4O2S/c1-11-15(23-12(2)17-11)16(22)19-6-3-4-13(10-19)14-5-7-20(18-14)8-9-21/h5,7,13,21H,3-4,6,8-10H2,1-2H3. The molecule has 124 valence electrons.